The second-order valence-corrected chi connectivity index (χ2v) is 2.15. The molecule has 0 saturated heterocycles. The lowest BCUT2D eigenvalue weighted by molar-refractivity contribution is -0.758. The van der Waals surface area contributed by atoms with Crippen LogP contribution in [0.3, 0.4) is 0 Å². The zero-order valence-electron chi connectivity index (χ0n) is 7.14. The molecule has 0 fully saturated rings. The van der Waals surface area contributed by atoms with Gasteiger partial charge in [0.15, 0.2) is 5.03 Å². The van der Waals surface area contributed by atoms with Crippen molar-refractivity contribution in [3.63, 3.8) is 0 Å². The highest BCUT2D eigenvalue weighted by atomic mass is 16.9. The van der Waals surface area contributed by atoms with Gasteiger partial charge in [-0.15, -0.1) is 10.1 Å². The maximum Gasteiger partial charge on any atom is 0.337 e. The number of tetrazole rings is 1. The van der Waals surface area contributed by atoms with E-state index in [0.717, 1.165) is 4.68 Å². The Bertz CT molecular complexity index is 418. The highest BCUT2D eigenvalue weighted by molar-refractivity contribution is 4.47. The van der Waals surface area contributed by atoms with Crippen molar-refractivity contribution in [3.05, 3.63) is 25.8 Å². The number of aromatic nitrogens is 4. The van der Waals surface area contributed by atoms with Crippen LogP contribution in [-0.2, 0) is 11.4 Å². The Labute approximate surface area is 80.4 Å². The normalized spacial score (nSPS) is 11.3. The molecule has 12 nitrogen and oxygen atoms in total. The van der Waals surface area contributed by atoms with Gasteiger partial charge in [-0.25, -0.2) is 14.8 Å². The van der Waals surface area contributed by atoms with Crippen molar-refractivity contribution in [2.45, 2.75) is 6.54 Å². The largest absolute Gasteiger partial charge is 0.337 e. The van der Waals surface area contributed by atoms with Crippen LogP contribution in [0.2, 0.25) is 0 Å². The molecule has 0 amide bonds. The summed E-state index contributed by atoms with van der Waals surface area (Å²) >= 11 is 0. The molecule has 0 bridgehead atoms. The summed E-state index contributed by atoms with van der Waals surface area (Å²) in [5, 5.41) is 29.5. The first-order valence-corrected chi connectivity index (χ1v) is 3.54. The van der Waals surface area contributed by atoms with Crippen LogP contribution in [0, 0.1) is 20.2 Å². The highest BCUT2D eigenvalue weighted by Gasteiger charge is 2.03. The van der Waals surface area contributed by atoms with Gasteiger partial charge in [0.05, 0.1) is 6.54 Å². The van der Waals surface area contributed by atoms with Gasteiger partial charge in [0.25, 0.3) is 5.09 Å². The zero-order chi connectivity index (χ0) is 11.3. The van der Waals surface area contributed by atoms with Crippen molar-refractivity contribution < 1.29 is 15.0 Å². The monoisotopic (exact) mass is 219 g/mol. The van der Waals surface area contributed by atoms with Crippen LogP contribution in [0.5, 0.6) is 0 Å². The lowest BCUT2D eigenvalue weighted by atomic mass is 10.7. The Hall–Kier alpha value is -2.53. The molecular weight excluding hydrogens is 214 g/mol. The van der Waals surface area contributed by atoms with Gasteiger partial charge < -0.3 is 4.84 Å². The molecular formula is C3H5N7O5. The summed E-state index contributed by atoms with van der Waals surface area (Å²) < 4.78 is 1.03. The Kier molecular flexibility index (Phi) is 3.26. The van der Waals surface area contributed by atoms with Crippen molar-refractivity contribution in [2.24, 2.45) is 5.10 Å². The molecule has 0 spiro atoms. The molecule has 1 N–H and O–H groups in total. The predicted molar refractivity (Wildman–Crippen MR) is 39.9 cm³/mol. The van der Waals surface area contributed by atoms with Crippen LogP contribution in [0.15, 0.2) is 5.10 Å². The molecule has 1 aromatic rings. The number of nitro groups is 1. The summed E-state index contributed by atoms with van der Waals surface area (Å²) in [6.45, 7) is -0.345. The molecule has 0 atom stereocenters. The van der Waals surface area contributed by atoms with Gasteiger partial charge in [0.2, 0.25) is 0 Å². The predicted octanol–water partition coefficient (Wildman–Crippen LogP) is -2.09. The summed E-state index contributed by atoms with van der Waals surface area (Å²) in [7, 11) is 0. The first kappa shape index (κ1) is 10.6. The van der Waals surface area contributed by atoms with Crippen molar-refractivity contribution in [2.75, 3.05) is 6.61 Å². The fourth-order valence-corrected chi connectivity index (χ4v) is 0.723. The van der Waals surface area contributed by atoms with Crippen molar-refractivity contribution in [1.82, 2.24) is 20.2 Å². The van der Waals surface area contributed by atoms with Crippen LogP contribution < -0.4 is 5.62 Å². The smallest absolute Gasteiger partial charge is 0.312 e. The minimum absolute atomic E-state index is 0.0549. The van der Waals surface area contributed by atoms with Gasteiger partial charge in [0, 0.05) is 0 Å². The molecule has 0 unspecified atom stereocenters. The number of hydrogen-bond donors (Lipinski definition) is 1. The molecule has 0 saturated carbocycles. The molecule has 0 aliphatic rings. The molecule has 1 rings (SSSR count). The minimum Gasteiger partial charge on any atom is -0.312 e. The summed E-state index contributed by atoms with van der Waals surface area (Å²) in [6, 6.07) is 0. The quantitative estimate of drug-likeness (QED) is 0.439. The van der Waals surface area contributed by atoms with Crippen LogP contribution in [0.4, 0.5) is 0 Å². The molecule has 0 aromatic carbocycles. The van der Waals surface area contributed by atoms with Gasteiger partial charge >= 0.3 is 5.62 Å². The second kappa shape index (κ2) is 4.64. The Morgan fingerprint density at radius 1 is 1.53 bits per heavy atom. The van der Waals surface area contributed by atoms with Gasteiger partial charge in [-0.05, 0) is 5.21 Å². The van der Waals surface area contributed by atoms with E-state index in [2.05, 4.69) is 25.5 Å². The lowest BCUT2D eigenvalue weighted by Crippen LogP contribution is -2.24. The van der Waals surface area contributed by atoms with E-state index in [0.29, 0.717) is 0 Å². The van der Waals surface area contributed by atoms with Crippen molar-refractivity contribution >= 4 is 0 Å². The van der Waals surface area contributed by atoms with E-state index in [1.54, 1.807) is 0 Å². The number of hydrogen-bond acceptors (Lipinski definition) is 7. The van der Waals surface area contributed by atoms with Crippen LogP contribution >= 0.6 is 0 Å². The Balaban J connectivity index is 2.66. The summed E-state index contributed by atoms with van der Waals surface area (Å²) in [6.07, 6.45) is 0. The molecule has 0 aliphatic carbocycles. The Morgan fingerprint density at radius 2 is 2.27 bits per heavy atom. The van der Waals surface area contributed by atoms with E-state index in [-0.39, 0.29) is 18.8 Å². The van der Waals surface area contributed by atoms with E-state index in [4.69, 9.17) is 0 Å². The number of nitrogens with one attached hydrogen (secondary N) is 1. The SMILES string of the molecule is O=[N+]([O-])/N=c1\nn[nH]n1CCO[N+](=O)[O-]. The Morgan fingerprint density at radius 3 is 2.87 bits per heavy atom. The van der Waals surface area contributed by atoms with Crippen molar-refractivity contribution in [3.8, 4) is 0 Å². The molecule has 82 valence electrons. The van der Waals surface area contributed by atoms with E-state index in [1.807, 2.05) is 0 Å². The number of H-pyrrole nitrogens is 1. The zero-order valence-corrected chi connectivity index (χ0v) is 7.14. The summed E-state index contributed by atoms with van der Waals surface area (Å²) in [4.78, 5) is 23.8. The third kappa shape index (κ3) is 3.37. The summed E-state index contributed by atoms with van der Waals surface area (Å²) in [5.41, 5.74) is -0.299. The first-order chi connectivity index (χ1) is 7.09. The molecule has 15 heavy (non-hydrogen) atoms. The fraction of sp³-hybridized carbons (Fsp3) is 0.667. The standard InChI is InChI=1S/C3H5N7O5/c11-9(12)5-3-4-6-7-8(3)1-2-15-10(13)14/h1-2H2,(H,4,5,7). The maximum absolute atomic E-state index is 10.0. The highest BCUT2D eigenvalue weighted by Crippen LogP contribution is 1.78. The molecule has 0 radical (unpaired) electrons. The molecule has 1 aromatic heterocycles. The molecule has 1 heterocycles. The summed E-state index contributed by atoms with van der Waals surface area (Å²) in [5.74, 6) is 0. The molecule has 12 heteroatoms. The van der Waals surface area contributed by atoms with Crippen molar-refractivity contribution in [1.29, 1.82) is 0 Å². The van der Waals surface area contributed by atoms with E-state index >= 15 is 0 Å². The average molecular weight is 219 g/mol. The lowest BCUT2D eigenvalue weighted by Gasteiger charge is -1.97. The fourth-order valence-electron chi connectivity index (χ4n) is 0.723. The third-order valence-electron chi connectivity index (χ3n) is 1.23. The maximum atomic E-state index is 10.0. The topological polar surface area (TPSA) is 154 Å². The second-order valence-electron chi connectivity index (χ2n) is 2.15. The number of nitrogens with zero attached hydrogens (tertiary/aromatic N) is 6. The third-order valence-corrected chi connectivity index (χ3v) is 1.23. The van der Waals surface area contributed by atoms with Crippen LogP contribution in [-0.4, -0.2) is 36.9 Å². The van der Waals surface area contributed by atoms with Gasteiger partial charge in [-0.2, -0.15) is 5.21 Å². The van der Waals surface area contributed by atoms with E-state index in [9.17, 15) is 20.2 Å². The van der Waals surface area contributed by atoms with Gasteiger partial charge in [-0.1, -0.05) is 5.10 Å². The minimum atomic E-state index is -0.978. The van der Waals surface area contributed by atoms with Gasteiger partial charge in [0.1, 0.15) is 11.7 Å². The van der Waals surface area contributed by atoms with Crippen LogP contribution in [0.25, 0.3) is 0 Å². The number of aromatic amines is 1. The first-order valence-electron chi connectivity index (χ1n) is 3.54. The van der Waals surface area contributed by atoms with Gasteiger partial charge in [-0.3, -0.25) is 0 Å². The number of rotatable bonds is 5. The average Bonchev–Trinajstić information content (AvgIpc) is 2.51. The molecule has 0 aliphatic heterocycles. The van der Waals surface area contributed by atoms with E-state index in [1.165, 1.54) is 0 Å². The van der Waals surface area contributed by atoms with Crippen LogP contribution in [0.1, 0.15) is 0 Å². The van der Waals surface area contributed by atoms with E-state index < -0.39 is 10.1 Å².